The first-order chi connectivity index (χ1) is 10.6. The summed E-state index contributed by atoms with van der Waals surface area (Å²) in [4.78, 5) is 14.9. The maximum atomic E-state index is 13.0. The summed E-state index contributed by atoms with van der Waals surface area (Å²) in [7, 11) is 0. The van der Waals surface area contributed by atoms with Crippen molar-refractivity contribution in [1.82, 2.24) is 0 Å². The molecule has 3 rings (SSSR count). The summed E-state index contributed by atoms with van der Waals surface area (Å²) in [6, 6.07) is 14.0. The quantitative estimate of drug-likeness (QED) is 0.843. The number of carbonyl (C=O) groups excluding carboxylic acids is 1. The number of benzene rings is 2. The summed E-state index contributed by atoms with van der Waals surface area (Å²) in [6.45, 7) is 4.81. The number of hydrogen-bond acceptors (Lipinski definition) is 2. The highest BCUT2D eigenvalue weighted by atomic mass is 35.5. The Labute approximate surface area is 143 Å². The molecule has 0 fully saturated rings. The van der Waals surface area contributed by atoms with E-state index in [1.54, 1.807) is 0 Å². The summed E-state index contributed by atoms with van der Waals surface area (Å²) in [5.41, 5.74) is 11.2. The minimum atomic E-state index is -0.146. The van der Waals surface area contributed by atoms with Crippen LogP contribution in [0, 0.1) is 6.92 Å². The maximum absolute atomic E-state index is 13.0. The Balaban J connectivity index is 0.00000192. The van der Waals surface area contributed by atoms with Gasteiger partial charge in [-0.1, -0.05) is 35.9 Å². The number of nitrogens with zero attached hydrogens (tertiary/aromatic N) is 1. The minimum absolute atomic E-state index is 0. The number of anilines is 2. The molecule has 3 nitrogen and oxygen atoms in total. The molecule has 0 aromatic heterocycles. The molecule has 4 heteroatoms. The molecule has 0 spiro atoms. The molecule has 2 aromatic rings. The second-order valence-corrected chi connectivity index (χ2v) is 6.07. The molecule has 2 N–H and O–H groups in total. The first-order valence-electron chi connectivity index (χ1n) is 7.83. The third-order valence-electron chi connectivity index (χ3n) is 4.47. The van der Waals surface area contributed by atoms with Crippen molar-refractivity contribution in [3.05, 3.63) is 59.2 Å². The van der Waals surface area contributed by atoms with Crippen molar-refractivity contribution >= 4 is 29.7 Å². The SMILES string of the molecule is Cc1cccc(C(C)C(=O)N2CCCc3c(N)cccc32)c1.Cl. The van der Waals surface area contributed by atoms with Crippen molar-refractivity contribution in [3.8, 4) is 0 Å². The lowest BCUT2D eigenvalue weighted by molar-refractivity contribution is -0.119. The average Bonchev–Trinajstić information content (AvgIpc) is 2.53. The largest absolute Gasteiger partial charge is 0.398 e. The van der Waals surface area contributed by atoms with E-state index in [1.807, 2.05) is 42.2 Å². The molecule has 1 aliphatic rings. The van der Waals surface area contributed by atoms with E-state index in [9.17, 15) is 4.79 Å². The van der Waals surface area contributed by atoms with Crippen LogP contribution in [0.5, 0.6) is 0 Å². The number of fused-ring (bicyclic) bond motifs is 1. The van der Waals surface area contributed by atoms with Crippen LogP contribution in [0.15, 0.2) is 42.5 Å². The van der Waals surface area contributed by atoms with Crippen LogP contribution in [0.1, 0.15) is 36.0 Å². The summed E-state index contributed by atoms with van der Waals surface area (Å²) in [5.74, 6) is 0.00410. The van der Waals surface area contributed by atoms with E-state index >= 15 is 0 Å². The van der Waals surface area contributed by atoms with E-state index in [4.69, 9.17) is 5.73 Å². The predicted molar refractivity (Wildman–Crippen MR) is 98.4 cm³/mol. The number of amides is 1. The van der Waals surface area contributed by atoms with Crippen LogP contribution < -0.4 is 10.6 Å². The zero-order valence-electron chi connectivity index (χ0n) is 13.6. The molecule has 0 saturated carbocycles. The molecular formula is C19H23ClN2O. The zero-order valence-corrected chi connectivity index (χ0v) is 14.4. The lowest BCUT2D eigenvalue weighted by atomic mass is 9.94. The fourth-order valence-electron chi connectivity index (χ4n) is 3.20. The summed E-state index contributed by atoms with van der Waals surface area (Å²) in [5, 5.41) is 0. The number of aryl methyl sites for hydroxylation is 1. The molecule has 1 unspecified atom stereocenters. The maximum Gasteiger partial charge on any atom is 0.234 e. The number of nitrogen functional groups attached to an aromatic ring is 1. The van der Waals surface area contributed by atoms with Crippen molar-refractivity contribution in [1.29, 1.82) is 0 Å². The third-order valence-corrected chi connectivity index (χ3v) is 4.47. The van der Waals surface area contributed by atoms with E-state index in [1.165, 1.54) is 5.56 Å². The van der Waals surface area contributed by atoms with Crippen LogP contribution in [0.4, 0.5) is 11.4 Å². The van der Waals surface area contributed by atoms with Crippen LogP contribution in [0.3, 0.4) is 0 Å². The molecule has 23 heavy (non-hydrogen) atoms. The molecule has 0 bridgehead atoms. The Kier molecular flexibility index (Phi) is 5.32. The Morgan fingerprint density at radius 3 is 2.70 bits per heavy atom. The third kappa shape index (κ3) is 3.35. The standard InChI is InChI=1S/C19H22N2O.ClH/c1-13-6-3-7-15(12-13)14(2)19(22)21-11-5-8-16-17(20)9-4-10-18(16)21;/h3-4,6-7,9-10,12,14H,5,8,11,20H2,1-2H3;1H. The highest BCUT2D eigenvalue weighted by molar-refractivity contribution is 5.99. The average molecular weight is 331 g/mol. The highest BCUT2D eigenvalue weighted by Crippen LogP contribution is 2.33. The first kappa shape index (κ1) is 17.4. The Hall–Kier alpha value is -2.00. The van der Waals surface area contributed by atoms with Gasteiger partial charge in [0.1, 0.15) is 0 Å². The highest BCUT2D eigenvalue weighted by Gasteiger charge is 2.27. The summed E-state index contributed by atoms with van der Waals surface area (Å²) >= 11 is 0. The number of hydrogen-bond donors (Lipinski definition) is 1. The molecule has 1 atom stereocenters. The van der Waals surface area contributed by atoms with Gasteiger partial charge in [-0.15, -0.1) is 12.4 Å². The van der Waals surface area contributed by atoms with Gasteiger partial charge in [0.2, 0.25) is 5.91 Å². The molecule has 2 aromatic carbocycles. The van der Waals surface area contributed by atoms with Crippen LogP contribution in [0.25, 0.3) is 0 Å². The monoisotopic (exact) mass is 330 g/mol. The van der Waals surface area contributed by atoms with Crippen molar-refractivity contribution in [2.75, 3.05) is 17.2 Å². The Morgan fingerprint density at radius 1 is 1.22 bits per heavy atom. The number of rotatable bonds is 2. The van der Waals surface area contributed by atoms with E-state index in [2.05, 4.69) is 19.1 Å². The van der Waals surface area contributed by atoms with Gasteiger partial charge >= 0.3 is 0 Å². The lowest BCUT2D eigenvalue weighted by Crippen LogP contribution is -2.38. The predicted octanol–water partition coefficient (Wildman–Crippen LogP) is 4.08. The Morgan fingerprint density at radius 2 is 1.96 bits per heavy atom. The number of halogens is 1. The van der Waals surface area contributed by atoms with Crippen LogP contribution in [-0.2, 0) is 11.2 Å². The molecule has 1 aliphatic heterocycles. The van der Waals surface area contributed by atoms with Crippen molar-refractivity contribution < 1.29 is 4.79 Å². The normalized spacial score (nSPS) is 14.6. The van der Waals surface area contributed by atoms with Gasteiger partial charge in [0.25, 0.3) is 0 Å². The van der Waals surface area contributed by atoms with Gasteiger partial charge in [-0.3, -0.25) is 4.79 Å². The molecule has 0 aliphatic carbocycles. The van der Waals surface area contributed by atoms with Gasteiger partial charge in [-0.2, -0.15) is 0 Å². The Bertz CT molecular complexity index is 714. The minimum Gasteiger partial charge on any atom is -0.398 e. The van der Waals surface area contributed by atoms with Crippen LogP contribution in [0.2, 0.25) is 0 Å². The van der Waals surface area contributed by atoms with Crippen molar-refractivity contribution in [3.63, 3.8) is 0 Å². The lowest BCUT2D eigenvalue weighted by Gasteiger charge is -2.32. The van der Waals surface area contributed by atoms with Gasteiger partial charge in [0.15, 0.2) is 0 Å². The van der Waals surface area contributed by atoms with Crippen LogP contribution in [-0.4, -0.2) is 12.5 Å². The molecule has 122 valence electrons. The van der Waals surface area contributed by atoms with E-state index in [0.717, 1.165) is 41.9 Å². The topological polar surface area (TPSA) is 46.3 Å². The van der Waals surface area contributed by atoms with E-state index < -0.39 is 0 Å². The van der Waals surface area contributed by atoms with Gasteiger partial charge < -0.3 is 10.6 Å². The van der Waals surface area contributed by atoms with Gasteiger partial charge in [-0.25, -0.2) is 0 Å². The first-order valence-corrected chi connectivity index (χ1v) is 7.83. The molecule has 1 heterocycles. The van der Waals surface area contributed by atoms with Gasteiger partial charge in [0, 0.05) is 17.9 Å². The molecule has 1 amide bonds. The second-order valence-electron chi connectivity index (χ2n) is 6.07. The molecular weight excluding hydrogens is 308 g/mol. The second kappa shape index (κ2) is 7.05. The summed E-state index contributed by atoms with van der Waals surface area (Å²) < 4.78 is 0. The van der Waals surface area contributed by atoms with Gasteiger partial charge in [0.05, 0.1) is 5.92 Å². The van der Waals surface area contributed by atoms with Crippen molar-refractivity contribution in [2.45, 2.75) is 32.6 Å². The number of carbonyl (C=O) groups is 1. The van der Waals surface area contributed by atoms with E-state index in [0.29, 0.717) is 0 Å². The smallest absolute Gasteiger partial charge is 0.234 e. The van der Waals surface area contributed by atoms with Crippen LogP contribution >= 0.6 is 12.4 Å². The zero-order chi connectivity index (χ0) is 15.7. The molecule has 0 saturated heterocycles. The number of nitrogens with two attached hydrogens (primary N) is 1. The fraction of sp³-hybridized carbons (Fsp3) is 0.316. The van der Waals surface area contributed by atoms with E-state index in [-0.39, 0.29) is 24.2 Å². The van der Waals surface area contributed by atoms with Gasteiger partial charge in [-0.05, 0) is 49.9 Å². The fourth-order valence-corrected chi connectivity index (χ4v) is 3.20. The molecule has 0 radical (unpaired) electrons. The summed E-state index contributed by atoms with van der Waals surface area (Å²) in [6.07, 6.45) is 1.91. The van der Waals surface area contributed by atoms with Crippen molar-refractivity contribution in [2.24, 2.45) is 0 Å².